The largest absolute Gasteiger partial charge is 0.399 e. The monoisotopic (exact) mass is 244 g/mol. The number of aromatic nitrogens is 2. The van der Waals surface area contributed by atoms with Gasteiger partial charge in [0.05, 0.1) is 12.2 Å². The van der Waals surface area contributed by atoms with Gasteiger partial charge in [-0.15, -0.1) is 0 Å². The van der Waals surface area contributed by atoms with Gasteiger partial charge in [0.1, 0.15) is 0 Å². The topological polar surface area (TPSA) is 83.8 Å². The molecule has 1 aromatic carbocycles. The highest BCUT2D eigenvalue weighted by Crippen LogP contribution is 2.14. The molecule has 0 aliphatic carbocycles. The van der Waals surface area contributed by atoms with E-state index in [9.17, 15) is 4.79 Å². The molecule has 2 rings (SSSR count). The van der Waals surface area contributed by atoms with Crippen molar-refractivity contribution in [2.75, 3.05) is 5.73 Å². The molecule has 0 aliphatic rings. The van der Waals surface area contributed by atoms with Gasteiger partial charge in [0.15, 0.2) is 0 Å². The Morgan fingerprint density at radius 1 is 1.50 bits per heavy atom. The lowest BCUT2D eigenvalue weighted by molar-refractivity contribution is 0.0940. The number of nitrogens with zero attached hydrogens (tertiary/aromatic N) is 1. The van der Waals surface area contributed by atoms with E-state index in [0.717, 1.165) is 11.1 Å². The zero-order chi connectivity index (χ0) is 13.1. The van der Waals surface area contributed by atoms with Crippen LogP contribution in [0.5, 0.6) is 0 Å². The van der Waals surface area contributed by atoms with Crippen LogP contribution in [0.4, 0.5) is 5.69 Å². The Labute approximate surface area is 105 Å². The molecule has 18 heavy (non-hydrogen) atoms. The van der Waals surface area contributed by atoms with Gasteiger partial charge >= 0.3 is 0 Å². The first-order valence-corrected chi connectivity index (χ1v) is 5.73. The van der Waals surface area contributed by atoms with E-state index < -0.39 is 0 Å². The second-order valence-electron chi connectivity index (χ2n) is 4.30. The second kappa shape index (κ2) is 4.91. The summed E-state index contributed by atoms with van der Waals surface area (Å²) in [5.74, 6) is -0.119. The van der Waals surface area contributed by atoms with E-state index in [1.807, 2.05) is 13.8 Å². The van der Waals surface area contributed by atoms with Crippen molar-refractivity contribution in [3.8, 4) is 0 Å². The quantitative estimate of drug-likeness (QED) is 0.720. The highest BCUT2D eigenvalue weighted by atomic mass is 16.1. The Balaban J connectivity index is 2.10. The highest BCUT2D eigenvalue weighted by Gasteiger charge is 2.12. The van der Waals surface area contributed by atoms with Crippen molar-refractivity contribution in [3.05, 3.63) is 47.3 Å². The molecule has 0 aliphatic heterocycles. The molecule has 0 spiro atoms. The van der Waals surface area contributed by atoms with Crippen LogP contribution in [-0.4, -0.2) is 16.1 Å². The minimum Gasteiger partial charge on any atom is -0.399 e. The molecule has 1 amide bonds. The van der Waals surface area contributed by atoms with Crippen molar-refractivity contribution in [1.29, 1.82) is 0 Å². The number of nitrogens with two attached hydrogens (primary N) is 1. The summed E-state index contributed by atoms with van der Waals surface area (Å²) in [6.45, 7) is 3.79. The van der Waals surface area contributed by atoms with E-state index in [4.69, 9.17) is 5.73 Å². The number of hydrogen-bond acceptors (Lipinski definition) is 3. The SMILES string of the molecule is Cc1cc(C(=O)NC(C)c2cn[nH]c2)ccc1N. The fourth-order valence-corrected chi connectivity index (χ4v) is 1.68. The number of rotatable bonds is 3. The van der Waals surface area contributed by atoms with E-state index in [2.05, 4.69) is 15.5 Å². The van der Waals surface area contributed by atoms with Gasteiger partial charge in [-0.1, -0.05) is 0 Å². The number of nitrogen functional groups attached to an aromatic ring is 1. The zero-order valence-corrected chi connectivity index (χ0v) is 10.4. The van der Waals surface area contributed by atoms with Gasteiger partial charge in [0, 0.05) is 23.0 Å². The molecule has 0 fully saturated rings. The van der Waals surface area contributed by atoms with Crippen LogP contribution in [0, 0.1) is 6.92 Å². The summed E-state index contributed by atoms with van der Waals surface area (Å²) in [5, 5.41) is 9.48. The molecule has 4 N–H and O–H groups in total. The molecule has 5 nitrogen and oxygen atoms in total. The van der Waals surface area contributed by atoms with Crippen molar-refractivity contribution < 1.29 is 4.79 Å². The molecule has 1 unspecified atom stereocenters. The summed E-state index contributed by atoms with van der Waals surface area (Å²) in [7, 11) is 0. The lowest BCUT2D eigenvalue weighted by atomic mass is 10.1. The van der Waals surface area contributed by atoms with Crippen LogP contribution in [0.15, 0.2) is 30.6 Å². The Bertz CT molecular complexity index is 548. The van der Waals surface area contributed by atoms with E-state index in [0.29, 0.717) is 11.3 Å². The maximum Gasteiger partial charge on any atom is 0.251 e. The molecule has 0 bridgehead atoms. The first-order valence-electron chi connectivity index (χ1n) is 5.73. The van der Waals surface area contributed by atoms with Gasteiger partial charge in [-0.05, 0) is 37.6 Å². The summed E-state index contributed by atoms with van der Waals surface area (Å²) < 4.78 is 0. The number of anilines is 1. The van der Waals surface area contributed by atoms with Crippen LogP contribution in [0.3, 0.4) is 0 Å². The van der Waals surface area contributed by atoms with Crippen LogP contribution in [-0.2, 0) is 0 Å². The molecule has 5 heteroatoms. The summed E-state index contributed by atoms with van der Waals surface area (Å²) >= 11 is 0. The number of aromatic amines is 1. The number of carbonyl (C=O) groups excluding carboxylic acids is 1. The van der Waals surface area contributed by atoms with E-state index in [1.165, 1.54) is 0 Å². The Kier molecular flexibility index (Phi) is 3.32. The number of H-pyrrole nitrogens is 1. The van der Waals surface area contributed by atoms with Crippen molar-refractivity contribution >= 4 is 11.6 Å². The third-order valence-corrected chi connectivity index (χ3v) is 2.90. The van der Waals surface area contributed by atoms with Crippen molar-refractivity contribution in [1.82, 2.24) is 15.5 Å². The predicted molar refractivity (Wildman–Crippen MR) is 70.1 cm³/mol. The summed E-state index contributed by atoms with van der Waals surface area (Å²) in [4.78, 5) is 12.0. The molecule has 0 radical (unpaired) electrons. The van der Waals surface area contributed by atoms with Gasteiger partial charge in [0.2, 0.25) is 0 Å². The highest BCUT2D eigenvalue weighted by molar-refractivity contribution is 5.95. The first kappa shape index (κ1) is 12.2. The Morgan fingerprint density at radius 2 is 2.28 bits per heavy atom. The van der Waals surface area contributed by atoms with Crippen LogP contribution < -0.4 is 11.1 Å². The Morgan fingerprint density at radius 3 is 2.89 bits per heavy atom. The van der Waals surface area contributed by atoms with Gasteiger partial charge < -0.3 is 11.1 Å². The molecule has 94 valence electrons. The van der Waals surface area contributed by atoms with Gasteiger partial charge in [0.25, 0.3) is 5.91 Å². The van der Waals surface area contributed by atoms with E-state index in [-0.39, 0.29) is 11.9 Å². The van der Waals surface area contributed by atoms with Crippen LogP contribution in [0.25, 0.3) is 0 Å². The van der Waals surface area contributed by atoms with Crippen molar-refractivity contribution in [3.63, 3.8) is 0 Å². The third-order valence-electron chi connectivity index (χ3n) is 2.90. The molecular formula is C13H16N4O. The molecule has 1 heterocycles. The normalized spacial score (nSPS) is 12.1. The number of carbonyl (C=O) groups is 1. The van der Waals surface area contributed by atoms with Gasteiger partial charge in [-0.2, -0.15) is 5.10 Å². The summed E-state index contributed by atoms with van der Waals surface area (Å²) in [6, 6.07) is 5.16. The van der Waals surface area contributed by atoms with Crippen molar-refractivity contribution in [2.45, 2.75) is 19.9 Å². The molecule has 0 saturated carbocycles. The summed E-state index contributed by atoms with van der Waals surface area (Å²) in [6.07, 6.45) is 3.46. The number of amides is 1. The fourth-order valence-electron chi connectivity index (χ4n) is 1.68. The fraction of sp³-hybridized carbons (Fsp3) is 0.231. The molecular weight excluding hydrogens is 228 g/mol. The van der Waals surface area contributed by atoms with E-state index in [1.54, 1.807) is 30.6 Å². The molecule has 1 aromatic heterocycles. The smallest absolute Gasteiger partial charge is 0.251 e. The molecule has 1 atom stereocenters. The lowest BCUT2D eigenvalue weighted by Gasteiger charge is -2.12. The minimum atomic E-state index is -0.119. The van der Waals surface area contributed by atoms with Gasteiger partial charge in [-0.3, -0.25) is 9.89 Å². The maximum absolute atomic E-state index is 12.0. The summed E-state index contributed by atoms with van der Waals surface area (Å²) in [5.41, 5.74) is 8.86. The maximum atomic E-state index is 12.0. The second-order valence-corrected chi connectivity index (χ2v) is 4.30. The van der Waals surface area contributed by atoms with E-state index >= 15 is 0 Å². The average molecular weight is 244 g/mol. The van der Waals surface area contributed by atoms with Crippen molar-refractivity contribution in [2.24, 2.45) is 0 Å². The van der Waals surface area contributed by atoms with Crippen LogP contribution in [0.1, 0.15) is 34.5 Å². The van der Waals surface area contributed by atoms with Gasteiger partial charge in [-0.25, -0.2) is 0 Å². The lowest BCUT2D eigenvalue weighted by Crippen LogP contribution is -2.26. The van der Waals surface area contributed by atoms with Crippen LogP contribution >= 0.6 is 0 Å². The predicted octanol–water partition coefficient (Wildman–Crippen LogP) is 1.79. The number of aryl methyl sites for hydroxylation is 1. The zero-order valence-electron chi connectivity index (χ0n) is 10.4. The number of benzene rings is 1. The number of hydrogen-bond donors (Lipinski definition) is 3. The number of nitrogens with one attached hydrogen (secondary N) is 2. The first-order chi connectivity index (χ1) is 8.58. The molecule has 0 saturated heterocycles. The molecule has 2 aromatic rings. The average Bonchev–Trinajstić information content (AvgIpc) is 2.86. The minimum absolute atomic E-state index is 0.0888. The third kappa shape index (κ3) is 2.51. The van der Waals surface area contributed by atoms with Crippen LogP contribution in [0.2, 0.25) is 0 Å². The Hall–Kier alpha value is -2.30. The standard InChI is InChI=1S/C13H16N4O/c1-8-5-10(3-4-12(8)14)13(18)17-9(2)11-6-15-16-7-11/h3-7,9H,14H2,1-2H3,(H,15,16)(H,17,18).